The number of hydrogen-bond acceptors (Lipinski definition) is 4. The fraction of sp³-hybridized carbons (Fsp3) is 0.444. The van der Waals surface area contributed by atoms with Crippen molar-refractivity contribution in [3.63, 3.8) is 0 Å². The molecule has 1 aromatic heterocycles. The third kappa shape index (κ3) is 4.02. The lowest BCUT2D eigenvalue weighted by atomic mass is 10.0. The van der Waals surface area contributed by atoms with Crippen LogP contribution in [0.25, 0.3) is 0 Å². The molecule has 0 spiro atoms. The van der Waals surface area contributed by atoms with Gasteiger partial charge in [-0.25, -0.2) is 4.98 Å². The first kappa shape index (κ1) is 16.2. The van der Waals surface area contributed by atoms with Crippen molar-refractivity contribution >= 4 is 33.4 Å². The summed E-state index contributed by atoms with van der Waals surface area (Å²) in [5.41, 5.74) is 3.23. The zero-order valence-corrected chi connectivity index (χ0v) is 15.5. The normalized spacial score (nSPS) is 18.1. The molecule has 0 saturated carbocycles. The first-order valence-electron chi connectivity index (χ1n) is 8.15. The van der Waals surface area contributed by atoms with E-state index in [1.807, 2.05) is 13.0 Å². The van der Waals surface area contributed by atoms with Gasteiger partial charge in [0.15, 0.2) is 0 Å². The molecule has 23 heavy (non-hydrogen) atoms. The number of anilines is 3. The molecule has 1 aliphatic rings. The van der Waals surface area contributed by atoms with Gasteiger partial charge in [0, 0.05) is 35.0 Å². The first-order valence-corrected chi connectivity index (χ1v) is 8.94. The van der Waals surface area contributed by atoms with Crippen molar-refractivity contribution in [3.05, 3.63) is 40.0 Å². The van der Waals surface area contributed by atoms with Gasteiger partial charge >= 0.3 is 0 Å². The highest BCUT2D eigenvalue weighted by atomic mass is 79.9. The minimum absolute atomic E-state index is 0.707. The molecule has 1 fully saturated rings. The predicted molar refractivity (Wildman–Crippen MR) is 99.5 cm³/mol. The minimum atomic E-state index is 0.707. The molecule has 1 N–H and O–H groups in total. The maximum atomic E-state index is 4.73. The summed E-state index contributed by atoms with van der Waals surface area (Å²) >= 11 is 3.54. The molecule has 1 aromatic carbocycles. The summed E-state index contributed by atoms with van der Waals surface area (Å²) in [5, 5.41) is 3.40. The largest absolute Gasteiger partial charge is 0.340 e. The van der Waals surface area contributed by atoms with Crippen LogP contribution in [0.5, 0.6) is 0 Å². The zero-order chi connectivity index (χ0) is 16.4. The molecule has 0 radical (unpaired) electrons. The highest BCUT2D eigenvalue weighted by Crippen LogP contribution is 2.25. The quantitative estimate of drug-likeness (QED) is 0.834. The highest BCUT2D eigenvalue weighted by molar-refractivity contribution is 9.10. The van der Waals surface area contributed by atoms with Gasteiger partial charge in [0.2, 0.25) is 5.95 Å². The van der Waals surface area contributed by atoms with E-state index in [9.17, 15) is 0 Å². The number of halogens is 1. The molecule has 1 atom stereocenters. The number of aromatic nitrogens is 2. The van der Waals surface area contributed by atoms with Crippen LogP contribution in [0, 0.1) is 19.8 Å². The summed E-state index contributed by atoms with van der Waals surface area (Å²) in [6, 6.07) is 8.22. The van der Waals surface area contributed by atoms with E-state index >= 15 is 0 Å². The standard InChI is InChI=1S/C18H23BrN4/c1-12-5-4-8-23(11-12)18-20-14(3)10-17(22-18)21-15-6-7-16(19)13(2)9-15/h6-7,9-10,12H,4-5,8,11H2,1-3H3,(H,20,21,22). The average Bonchev–Trinajstić information content (AvgIpc) is 2.50. The maximum absolute atomic E-state index is 4.73. The number of piperidine rings is 1. The average molecular weight is 375 g/mol. The van der Waals surface area contributed by atoms with E-state index in [1.54, 1.807) is 0 Å². The van der Waals surface area contributed by atoms with Gasteiger partial charge in [-0.2, -0.15) is 4.98 Å². The van der Waals surface area contributed by atoms with Gasteiger partial charge in [-0.05, 0) is 56.4 Å². The van der Waals surface area contributed by atoms with E-state index < -0.39 is 0 Å². The van der Waals surface area contributed by atoms with Gasteiger partial charge in [-0.1, -0.05) is 22.9 Å². The van der Waals surface area contributed by atoms with Gasteiger partial charge in [-0.3, -0.25) is 0 Å². The van der Waals surface area contributed by atoms with Crippen LogP contribution in [0.2, 0.25) is 0 Å². The van der Waals surface area contributed by atoms with E-state index in [2.05, 4.69) is 63.2 Å². The van der Waals surface area contributed by atoms with Crippen LogP contribution < -0.4 is 10.2 Å². The van der Waals surface area contributed by atoms with Crippen molar-refractivity contribution in [2.75, 3.05) is 23.3 Å². The smallest absolute Gasteiger partial charge is 0.227 e. The lowest BCUT2D eigenvalue weighted by molar-refractivity contribution is 0.442. The van der Waals surface area contributed by atoms with E-state index in [0.717, 1.165) is 40.7 Å². The molecular formula is C18H23BrN4. The van der Waals surface area contributed by atoms with Gasteiger partial charge in [0.25, 0.3) is 0 Å². The Balaban J connectivity index is 1.83. The molecule has 1 unspecified atom stereocenters. The second-order valence-electron chi connectivity index (χ2n) is 6.48. The maximum Gasteiger partial charge on any atom is 0.227 e. The van der Waals surface area contributed by atoms with Crippen LogP contribution in [-0.4, -0.2) is 23.1 Å². The number of nitrogens with zero attached hydrogens (tertiary/aromatic N) is 3. The third-order valence-corrected chi connectivity index (χ3v) is 5.10. The van der Waals surface area contributed by atoms with E-state index in [0.29, 0.717) is 5.92 Å². The number of aryl methyl sites for hydroxylation is 2. The SMILES string of the molecule is Cc1cc(Nc2ccc(Br)c(C)c2)nc(N2CCCC(C)C2)n1. The van der Waals surface area contributed by atoms with Crippen LogP contribution in [0.15, 0.2) is 28.7 Å². The summed E-state index contributed by atoms with van der Waals surface area (Å²) in [6.45, 7) is 8.49. The fourth-order valence-corrected chi connectivity index (χ4v) is 3.25. The Morgan fingerprint density at radius 3 is 2.78 bits per heavy atom. The van der Waals surface area contributed by atoms with Crippen LogP contribution in [-0.2, 0) is 0 Å². The molecule has 0 bridgehead atoms. The van der Waals surface area contributed by atoms with Crippen LogP contribution in [0.1, 0.15) is 31.0 Å². The zero-order valence-electron chi connectivity index (χ0n) is 13.9. The Kier molecular flexibility index (Phi) is 4.85. The van der Waals surface area contributed by atoms with Crippen molar-refractivity contribution in [1.82, 2.24) is 9.97 Å². The van der Waals surface area contributed by atoms with Crippen molar-refractivity contribution in [1.29, 1.82) is 0 Å². The first-order chi connectivity index (χ1) is 11.0. The Morgan fingerprint density at radius 2 is 2.04 bits per heavy atom. The third-order valence-electron chi connectivity index (χ3n) is 4.21. The van der Waals surface area contributed by atoms with E-state index in [4.69, 9.17) is 4.98 Å². The van der Waals surface area contributed by atoms with Gasteiger partial charge in [0.1, 0.15) is 5.82 Å². The molecule has 3 rings (SSSR count). The summed E-state index contributed by atoms with van der Waals surface area (Å²) in [4.78, 5) is 11.7. The van der Waals surface area contributed by atoms with E-state index in [1.165, 1.54) is 18.4 Å². The van der Waals surface area contributed by atoms with Crippen molar-refractivity contribution in [2.24, 2.45) is 5.92 Å². The molecular weight excluding hydrogens is 352 g/mol. The van der Waals surface area contributed by atoms with Crippen molar-refractivity contribution in [3.8, 4) is 0 Å². The number of rotatable bonds is 3. The lowest BCUT2D eigenvalue weighted by Gasteiger charge is -2.31. The number of nitrogens with one attached hydrogen (secondary N) is 1. The molecule has 0 aliphatic carbocycles. The Labute approximate surface area is 146 Å². The molecule has 2 heterocycles. The molecule has 5 heteroatoms. The second kappa shape index (κ2) is 6.87. The summed E-state index contributed by atoms with van der Waals surface area (Å²) in [7, 11) is 0. The van der Waals surface area contributed by atoms with Crippen LogP contribution in [0.4, 0.5) is 17.5 Å². The molecule has 2 aromatic rings. The Bertz CT molecular complexity index is 701. The molecule has 4 nitrogen and oxygen atoms in total. The summed E-state index contributed by atoms with van der Waals surface area (Å²) < 4.78 is 1.12. The summed E-state index contributed by atoms with van der Waals surface area (Å²) in [6.07, 6.45) is 2.51. The van der Waals surface area contributed by atoms with Gasteiger partial charge < -0.3 is 10.2 Å². The predicted octanol–water partition coefficient (Wildman–Crippen LogP) is 4.84. The summed E-state index contributed by atoms with van der Waals surface area (Å²) in [5.74, 6) is 2.40. The Hall–Kier alpha value is -1.62. The second-order valence-corrected chi connectivity index (χ2v) is 7.33. The fourth-order valence-electron chi connectivity index (χ4n) is 3.00. The minimum Gasteiger partial charge on any atom is -0.340 e. The monoisotopic (exact) mass is 374 g/mol. The molecule has 0 amide bonds. The van der Waals surface area contributed by atoms with E-state index in [-0.39, 0.29) is 0 Å². The lowest BCUT2D eigenvalue weighted by Crippen LogP contribution is -2.35. The molecule has 1 saturated heterocycles. The highest BCUT2D eigenvalue weighted by Gasteiger charge is 2.19. The molecule has 1 aliphatic heterocycles. The van der Waals surface area contributed by atoms with Crippen molar-refractivity contribution < 1.29 is 0 Å². The molecule has 122 valence electrons. The van der Waals surface area contributed by atoms with Crippen LogP contribution in [0.3, 0.4) is 0 Å². The number of hydrogen-bond donors (Lipinski definition) is 1. The van der Waals surface area contributed by atoms with Gasteiger partial charge in [0.05, 0.1) is 0 Å². The van der Waals surface area contributed by atoms with Gasteiger partial charge in [-0.15, -0.1) is 0 Å². The van der Waals surface area contributed by atoms with Crippen LogP contribution >= 0.6 is 15.9 Å². The Morgan fingerprint density at radius 1 is 1.22 bits per heavy atom. The van der Waals surface area contributed by atoms with Crippen molar-refractivity contribution in [2.45, 2.75) is 33.6 Å². The topological polar surface area (TPSA) is 41.1 Å². The number of benzene rings is 1.